The first kappa shape index (κ1) is 21.3. The van der Waals surface area contributed by atoms with Gasteiger partial charge in [-0.3, -0.25) is 4.72 Å². The lowest BCUT2D eigenvalue weighted by Gasteiger charge is -2.12. The molecule has 3 aromatic rings. The molecule has 1 heterocycles. The number of carboxylic acid groups (broad SMARTS) is 1. The maximum Gasteiger partial charge on any atom is 0.261 e. The van der Waals surface area contributed by atoms with Crippen molar-refractivity contribution in [3.05, 3.63) is 71.8 Å². The van der Waals surface area contributed by atoms with Crippen LogP contribution in [-0.2, 0) is 21.4 Å². The van der Waals surface area contributed by atoms with Crippen LogP contribution < -0.4 is 9.83 Å². The third-order valence-corrected chi connectivity index (χ3v) is 5.38. The van der Waals surface area contributed by atoms with Crippen molar-refractivity contribution in [2.24, 2.45) is 0 Å². The number of ether oxygens (including phenoxy) is 1. The zero-order valence-corrected chi connectivity index (χ0v) is 16.2. The molecule has 2 aromatic carbocycles. The molecule has 0 radical (unpaired) electrons. The number of hydrogen-bond donors (Lipinski definition) is 1. The van der Waals surface area contributed by atoms with Crippen LogP contribution in [0.25, 0.3) is 11.1 Å². The van der Waals surface area contributed by atoms with Crippen molar-refractivity contribution in [2.75, 3.05) is 11.8 Å². The molecule has 8 nitrogen and oxygen atoms in total. The number of nitrogens with zero attached hydrogens (tertiary/aromatic N) is 2. The van der Waals surface area contributed by atoms with E-state index in [0.29, 0.717) is 29.1 Å². The van der Waals surface area contributed by atoms with Gasteiger partial charge in [0.25, 0.3) is 10.0 Å². The molecular formula is C19H14F2N3O5S-. The van der Waals surface area contributed by atoms with Gasteiger partial charge in [0.15, 0.2) is 5.82 Å². The second-order valence-electron chi connectivity index (χ2n) is 6.05. The number of halogens is 2. The van der Waals surface area contributed by atoms with Gasteiger partial charge in [-0.25, -0.2) is 27.2 Å². The van der Waals surface area contributed by atoms with Crippen LogP contribution in [0.4, 0.5) is 14.5 Å². The summed E-state index contributed by atoms with van der Waals surface area (Å²) in [5.41, 5.74) is -0.478. The SMILES string of the molecule is COCc1ncc(-c2ccc(S(=O)(=O)Nc3cc(F)c(C(=O)[O-])cc3F)cc2)cn1. The number of carbonyl (C=O) groups is 1. The summed E-state index contributed by atoms with van der Waals surface area (Å²) >= 11 is 0. The maximum atomic E-state index is 14.0. The molecule has 1 aromatic heterocycles. The van der Waals surface area contributed by atoms with E-state index in [1.165, 1.54) is 31.4 Å². The van der Waals surface area contributed by atoms with Crippen molar-refractivity contribution in [1.82, 2.24) is 9.97 Å². The van der Waals surface area contributed by atoms with Crippen molar-refractivity contribution in [3.8, 4) is 11.1 Å². The normalized spacial score (nSPS) is 11.3. The van der Waals surface area contributed by atoms with Crippen molar-refractivity contribution in [3.63, 3.8) is 0 Å². The number of nitrogens with one attached hydrogen (secondary N) is 1. The summed E-state index contributed by atoms with van der Waals surface area (Å²) < 4.78 is 59.5. The van der Waals surface area contributed by atoms with E-state index in [1.54, 1.807) is 12.4 Å². The molecule has 0 saturated heterocycles. The Hall–Kier alpha value is -3.44. The molecule has 11 heteroatoms. The average Bonchev–Trinajstić information content (AvgIpc) is 2.71. The molecule has 0 unspecified atom stereocenters. The Kier molecular flexibility index (Phi) is 6.04. The molecule has 0 aliphatic heterocycles. The number of aromatic nitrogens is 2. The highest BCUT2D eigenvalue weighted by atomic mass is 32.2. The Balaban J connectivity index is 1.83. The number of methoxy groups -OCH3 is 1. The number of rotatable bonds is 7. The van der Waals surface area contributed by atoms with Crippen molar-refractivity contribution in [2.45, 2.75) is 11.5 Å². The zero-order chi connectivity index (χ0) is 21.9. The van der Waals surface area contributed by atoms with Crippen LogP contribution in [-0.4, -0.2) is 31.5 Å². The van der Waals surface area contributed by atoms with Crippen LogP contribution in [0, 0.1) is 11.6 Å². The molecule has 0 spiro atoms. The third-order valence-electron chi connectivity index (χ3n) is 4.00. The fraction of sp³-hybridized carbons (Fsp3) is 0.105. The quantitative estimate of drug-likeness (QED) is 0.601. The van der Waals surface area contributed by atoms with Gasteiger partial charge in [0.2, 0.25) is 0 Å². The van der Waals surface area contributed by atoms with Gasteiger partial charge in [0, 0.05) is 36.7 Å². The topological polar surface area (TPSA) is 121 Å². The lowest BCUT2D eigenvalue weighted by atomic mass is 10.1. The monoisotopic (exact) mass is 434 g/mol. The average molecular weight is 434 g/mol. The van der Waals surface area contributed by atoms with E-state index in [9.17, 15) is 27.1 Å². The van der Waals surface area contributed by atoms with Crippen LogP contribution in [0.2, 0.25) is 0 Å². The van der Waals surface area contributed by atoms with Gasteiger partial charge in [-0.2, -0.15) is 0 Å². The minimum Gasteiger partial charge on any atom is -0.545 e. The number of carboxylic acids is 1. The molecular weight excluding hydrogens is 420 g/mol. The van der Waals surface area contributed by atoms with E-state index in [1.807, 2.05) is 4.72 Å². The number of anilines is 1. The lowest BCUT2D eigenvalue weighted by Crippen LogP contribution is -2.24. The van der Waals surface area contributed by atoms with E-state index in [-0.39, 0.29) is 11.5 Å². The summed E-state index contributed by atoms with van der Waals surface area (Å²) in [7, 11) is -2.75. The fourth-order valence-corrected chi connectivity index (χ4v) is 3.58. The summed E-state index contributed by atoms with van der Waals surface area (Å²) in [6.07, 6.45) is 3.11. The first-order valence-electron chi connectivity index (χ1n) is 8.35. The Morgan fingerprint density at radius 2 is 1.70 bits per heavy atom. The predicted molar refractivity (Wildman–Crippen MR) is 99.7 cm³/mol. The van der Waals surface area contributed by atoms with E-state index in [2.05, 4.69) is 9.97 Å². The van der Waals surface area contributed by atoms with Crippen LogP contribution in [0.15, 0.2) is 53.7 Å². The van der Waals surface area contributed by atoms with E-state index in [4.69, 9.17) is 4.74 Å². The summed E-state index contributed by atoms with van der Waals surface area (Å²) in [6.45, 7) is 0.254. The Labute approximate surface area is 170 Å². The predicted octanol–water partition coefficient (Wildman–Crippen LogP) is 1.73. The van der Waals surface area contributed by atoms with Gasteiger partial charge in [-0.05, 0) is 23.8 Å². The number of hydrogen-bond acceptors (Lipinski definition) is 7. The standard InChI is InChI=1S/C19H15F2N3O5S/c1-29-10-18-22-8-12(9-23-18)11-2-4-13(5-3-11)30(27,28)24-17-7-15(20)14(19(25)26)6-16(17)21/h2-9,24H,10H2,1H3,(H,25,26)/p-1. The van der Waals surface area contributed by atoms with Crippen LogP contribution in [0.5, 0.6) is 0 Å². The third kappa shape index (κ3) is 4.58. The van der Waals surface area contributed by atoms with Gasteiger partial charge in [-0.15, -0.1) is 0 Å². The van der Waals surface area contributed by atoms with E-state index >= 15 is 0 Å². The Morgan fingerprint density at radius 3 is 2.27 bits per heavy atom. The zero-order valence-electron chi connectivity index (χ0n) is 15.4. The molecule has 1 N–H and O–H groups in total. The molecule has 0 atom stereocenters. The minimum absolute atomic E-state index is 0.216. The van der Waals surface area contributed by atoms with Crippen LogP contribution in [0.3, 0.4) is 0 Å². The van der Waals surface area contributed by atoms with Gasteiger partial charge in [0.1, 0.15) is 18.2 Å². The molecule has 0 amide bonds. The summed E-state index contributed by atoms with van der Waals surface area (Å²) in [5, 5.41) is 10.7. The van der Waals surface area contributed by atoms with Gasteiger partial charge >= 0.3 is 0 Å². The molecule has 3 rings (SSSR count). The van der Waals surface area contributed by atoms with Crippen LogP contribution in [0.1, 0.15) is 16.2 Å². The highest BCUT2D eigenvalue weighted by molar-refractivity contribution is 7.92. The first-order valence-corrected chi connectivity index (χ1v) is 9.83. The minimum atomic E-state index is -4.27. The lowest BCUT2D eigenvalue weighted by molar-refractivity contribution is -0.255. The van der Waals surface area contributed by atoms with Crippen molar-refractivity contribution >= 4 is 21.7 Å². The van der Waals surface area contributed by atoms with Crippen LogP contribution >= 0.6 is 0 Å². The highest BCUT2D eigenvalue weighted by Gasteiger charge is 2.19. The van der Waals surface area contributed by atoms with Crippen molar-refractivity contribution in [1.29, 1.82) is 0 Å². The number of aromatic carboxylic acids is 1. The molecule has 0 fully saturated rings. The molecule has 156 valence electrons. The van der Waals surface area contributed by atoms with Gasteiger partial charge in [-0.1, -0.05) is 12.1 Å². The summed E-state index contributed by atoms with van der Waals surface area (Å²) in [4.78, 5) is 18.7. The van der Waals surface area contributed by atoms with Gasteiger partial charge < -0.3 is 14.6 Å². The van der Waals surface area contributed by atoms with E-state index < -0.39 is 38.9 Å². The maximum absolute atomic E-state index is 14.0. The smallest absolute Gasteiger partial charge is 0.261 e. The van der Waals surface area contributed by atoms with Gasteiger partial charge in [0.05, 0.1) is 16.6 Å². The van der Waals surface area contributed by atoms with E-state index in [0.717, 1.165) is 0 Å². The second kappa shape index (κ2) is 8.51. The highest BCUT2D eigenvalue weighted by Crippen LogP contribution is 2.24. The number of carbonyl (C=O) groups excluding carboxylic acids is 1. The molecule has 0 aliphatic carbocycles. The largest absolute Gasteiger partial charge is 0.545 e. The first-order chi connectivity index (χ1) is 14.2. The fourth-order valence-electron chi connectivity index (χ4n) is 2.52. The van der Waals surface area contributed by atoms with Crippen molar-refractivity contribution < 1.29 is 31.8 Å². The molecule has 30 heavy (non-hydrogen) atoms. The Morgan fingerprint density at radius 1 is 1.07 bits per heavy atom. The summed E-state index contributed by atoms with van der Waals surface area (Å²) in [6, 6.07) is 6.32. The second-order valence-corrected chi connectivity index (χ2v) is 7.73. The Bertz CT molecular complexity index is 1180. The summed E-state index contributed by atoms with van der Waals surface area (Å²) in [5.74, 6) is -4.02. The number of sulfonamides is 1. The molecule has 0 bridgehead atoms. The molecule has 0 saturated carbocycles. The molecule has 0 aliphatic rings. The number of benzene rings is 2.